The number of hydrogen-bond acceptors (Lipinski definition) is 8. The van der Waals surface area contributed by atoms with Crippen LogP contribution in [-0.2, 0) is 11.3 Å². The number of nitrogens with zero attached hydrogens (tertiary/aromatic N) is 2. The molecule has 0 aliphatic carbocycles. The molecule has 0 fully saturated rings. The monoisotopic (exact) mass is 289 g/mol. The lowest BCUT2D eigenvalue weighted by Crippen LogP contribution is -2.11. The van der Waals surface area contributed by atoms with Crippen molar-refractivity contribution in [3.8, 4) is 11.5 Å². The number of rotatable bonds is 5. The highest BCUT2D eigenvalue weighted by molar-refractivity contribution is 5.63. The zero-order valence-corrected chi connectivity index (χ0v) is 11.4. The molecule has 2 aromatic rings. The van der Waals surface area contributed by atoms with E-state index in [2.05, 4.69) is 20.7 Å². The summed E-state index contributed by atoms with van der Waals surface area (Å²) >= 11 is 0. The molecule has 0 spiro atoms. The summed E-state index contributed by atoms with van der Waals surface area (Å²) in [6.45, 7) is 0.539. The first-order valence-corrected chi connectivity index (χ1v) is 6.28. The summed E-state index contributed by atoms with van der Waals surface area (Å²) in [7, 11) is 1.58. The average molecular weight is 289 g/mol. The summed E-state index contributed by atoms with van der Waals surface area (Å²) in [5, 5.41) is 3.17. The molecule has 21 heavy (non-hydrogen) atoms. The van der Waals surface area contributed by atoms with Gasteiger partial charge in [0.25, 0.3) is 0 Å². The van der Waals surface area contributed by atoms with Crippen molar-refractivity contribution >= 4 is 17.3 Å². The number of ether oxygens (including phenoxy) is 3. The number of fused-ring (bicyclic) bond motifs is 1. The van der Waals surface area contributed by atoms with Crippen molar-refractivity contribution in [2.75, 3.05) is 24.6 Å². The molecule has 0 amide bonds. The molecule has 0 saturated carbocycles. The number of methoxy groups -OCH3 is 1. The minimum atomic E-state index is 0.242. The number of anilines is 3. The van der Waals surface area contributed by atoms with E-state index in [-0.39, 0.29) is 6.79 Å². The van der Waals surface area contributed by atoms with E-state index in [1.807, 2.05) is 18.2 Å². The lowest BCUT2D eigenvalue weighted by molar-refractivity contribution is 0.174. The van der Waals surface area contributed by atoms with Gasteiger partial charge < -0.3 is 25.0 Å². The van der Waals surface area contributed by atoms with E-state index in [0.29, 0.717) is 29.8 Å². The number of nitrogens with two attached hydrogens (primary N) is 1. The van der Waals surface area contributed by atoms with Gasteiger partial charge in [-0.2, -0.15) is 0 Å². The summed E-state index contributed by atoms with van der Waals surface area (Å²) in [6, 6.07) is 7.25. The van der Waals surface area contributed by atoms with E-state index >= 15 is 0 Å². The maximum atomic E-state index is 5.41. The van der Waals surface area contributed by atoms with Crippen molar-refractivity contribution in [2.24, 2.45) is 5.84 Å². The molecular formula is C13H15N5O3. The number of benzene rings is 1. The average Bonchev–Trinajstić information content (AvgIpc) is 2.95. The SMILES string of the molecule is COCc1nc(NN)cc(Nc2ccc3c(c2)OCO3)n1. The highest BCUT2D eigenvalue weighted by Gasteiger charge is 2.13. The van der Waals surface area contributed by atoms with Gasteiger partial charge >= 0.3 is 0 Å². The molecule has 8 heteroatoms. The zero-order valence-electron chi connectivity index (χ0n) is 11.4. The fraction of sp³-hybridized carbons (Fsp3) is 0.231. The smallest absolute Gasteiger partial charge is 0.231 e. The van der Waals surface area contributed by atoms with Crippen molar-refractivity contribution in [1.29, 1.82) is 0 Å². The van der Waals surface area contributed by atoms with E-state index in [4.69, 9.17) is 20.1 Å². The number of nitrogen functional groups attached to an aromatic ring is 1. The van der Waals surface area contributed by atoms with Gasteiger partial charge in [0.05, 0.1) is 0 Å². The topological polar surface area (TPSA) is 104 Å². The number of hydrogen-bond donors (Lipinski definition) is 3. The first kappa shape index (κ1) is 13.4. The molecule has 110 valence electrons. The Morgan fingerprint density at radius 3 is 2.81 bits per heavy atom. The van der Waals surface area contributed by atoms with Crippen LogP contribution in [0.5, 0.6) is 11.5 Å². The third-order valence-electron chi connectivity index (χ3n) is 2.84. The van der Waals surface area contributed by atoms with E-state index in [1.165, 1.54) is 0 Å². The number of hydrazine groups is 1. The summed E-state index contributed by atoms with van der Waals surface area (Å²) in [6.07, 6.45) is 0. The van der Waals surface area contributed by atoms with Crippen molar-refractivity contribution in [3.05, 3.63) is 30.1 Å². The molecule has 0 saturated heterocycles. The second kappa shape index (κ2) is 5.81. The Kier molecular flexibility index (Phi) is 3.71. The van der Waals surface area contributed by atoms with Crippen molar-refractivity contribution in [1.82, 2.24) is 9.97 Å². The fourth-order valence-corrected chi connectivity index (χ4v) is 1.95. The predicted octanol–water partition coefficient (Wildman–Crippen LogP) is 1.38. The predicted molar refractivity (Wildman–Crippen MR) is 76.4 cm³/mol. The van der Waals surface area contributed by atoms with Gasteiger partial charge in [-0.25, -0.2) is 15.8 Å². The van der Waals surface area contributed by atoms with Crippen LogP contribution >= 0.6 is 0 Å². The van der Waals surface area contributed by atoms with Crippen molar-refractivity contribution < 1.29 is 14.2 Å². The summed E-state index contributed by atoms with van der Waals surface area (Å²) in [5.41, 5.74) is 3.33. The Morgan fingerprint density at radius 1 is 1.19 bits per heavy atom. The van der Waals surface area contributed by atoms with E-state index in [1.54, 1.807) is 13.2 Å². The van der Waals surface area contributed by atoms with Crippen LogP contribution in [0.25, 0.3) is 0 Å². The molecule has 0 unspecified atom stereocenters. The number of nitrogens with one attached hydrogen (secondary N) is 2. The Hall–Kier alpha value is -2.58. The molecule has 2 heterocycles. The van der Waals surface area contributed by atoms with E-state index in [9.17, 15) is 0 Å². The Morgan fingerprint density at radius 2 is 2.00 bits per heavy atom. The molecule has 3 rings (SSSR count). The quantitative estimate of drug-likeness (QED) is 0.560. The maximum Gasteiger partial charge on any atom is 0.231 e. The normalized spacial score (nSPS) is 12.3. The van der Waals surface area contributed by atoms with Gasteiger partial charge in [0.2, 0.25) is 6.79 Å². The summed E-state index contributed by atoms with van der Waals surface area (Å²) in [5.74, 6) is 8.46. The minimum absolute atomic E-state index is 0.242. The first-order chi connectivity index (χ1) is 10.3. The standard InChI is InChI=1S/C13H15N5O3/c1-19-6-13-16-11(5-12(17-13)18-14)15-8-2-3-9-10(4-8)21-7-20-9/h2-5H,6-7,14H2,1H3,(H2,15,16,17,18). The van der Waals surface area contributed by atoms with Crippen molar-refractivity contribution in [2.45, 2.75) is 6.61 Å². The van der Waals surface area contributed by atoms with Crippen LogP contribution in [0.2, 0.25) is 0 Å². The Balaban J connectivity index is 1.85. The molecule has 1 aromatic heterocycles. The third-order valence-corrected chi connectivity index (χ3v) is 2.84. The second-order valence-corrected chi connectivity index (χ2v) is 4.33. The van der Waals surface area contributed by atoms with Gasteiger partial charge in [0.15, 0.2) is 17.3 Å². The fourth-order valence-electron chi connectivity index (χ4n) is 1.95. The zero-order chi connectivity index (χ0) is 14.7. The molecule has 0 radical (unpaired) electrons. The molecule has 1 aromatic carbocycles. The number of aromatic nitrogens is 2. The third kappa shape index (κ3) is 2.96. The summed E-state index contributed by atoms with van der Waals surface area (Å²) < 4.78 is 15.6. The van der Waals surface area contributed by atoms with Crippen LogP contribution in [-0.4, -0.2) is 23.9 Å². The molecule has 0 bridgehead atoms. The maximum absolute atomic E-state index is 5.41. The van der Waals surface area contributed by atoms with Gasteiger partial charge in [-0.3, -0.25) is 0 Å². The van der Waals surface area contributed by atoms with Gasteiger partial charge in [-0.1, -0.05) is 0 Å². The van der Waals surface area contributed by atoms with Crippen LogP contribution in [0.3, 0.4) is 0 Å². The van der Waals surface area contributed by atoms with Gasteiger partial charge in [0.1, 0.15) is 18.2 Å². The van der Waals surface area contributed by atoms with Gasteiger partial charge in [-0.05, 0) is 12.1 Å². The van der Waals surface area contributed by atoms with Gasteiger partial charge in [-0.15, -0.1) is 0 Å². The van der Waals surface area contributed by atoms with Crippen LogP contribution in [0.4, 0.5) is 17.3 Å². The second-order valence-electron chi connectivity index (χ2n) is 4.33. The molecule has 0 atom stereocenters. The highest BCUT2D eigenvalue weighted by Crippen LogP contribution is 2.35. The minimum Gasteiger partial charge on any atom is -0.454 e. The lowest BCUT2D eigenvalue weighted by Gasteiger charge is -2.10. The Bertz CT molecular complexity index is 650. The van der Waals surface area contributed by atoms with E-state index < -0.39 is 0 Å². The van der Waals surface area contributed by atoms with Crippen molar-refractivity contribution in [3.63, 3.8) is 0 Å². The molecule has 1 aliphatic rings. The first-order valence-electron chi connectivity index (χ1n) is 6.28. The molecule has 4 N–H and O–H groups in total. The highest BCUT2D eigenvalue weighted by atomic mass is 16.7. The molecule has 1 aliphatic heterocycles. The summed E-state index contributed by atoms with van der Waals surface area (Å²) in [4.78, 5) is 8.53. The van der Waals surface area contributed by atoms with E-state index in [0.717, 1.165) is 11.4 Å². The van der Waals surface area contributed by atoms with Crippen LogP contribution in [0.15, 0.2) is 24.3 Å². The largest absolute Gasteiger partial charge is 0.454 e. The van der Waals surface area contributed by atoms with Crippen LogP contribution in [0.1, 0.15) is 5.82 Å². The van der Waals surface area contributed by atoms with Gasteiger partial charge in [0, 0.05) is 24.9 Å². The molecular weight excluding hydrogens is 274 g/mol. The van der Waals surface area contributed by atoms with Crippen LogP contribution < -0.4 is 26.1 Å². The van der Waals surface area contributed by atoms with Crippen LogP contribution in [0, 0.1) is 0 Å². The molecule has 8 nitrogen and oxygen atoms in total. The lowest BCUT2D eigenvalue weighted by atomic mass is 10.3. The Labute approximate surface area is 121 Å².